The molecule has 0 radical (unpaired) electrons. The first-order chi connectivity index (χ1) is 6.93. The molecule has 0 saturated carbocycles. The van der Waals surface area contributed by atoms with Crippen molar-refractivity contribution in [1.82, 2.24) is 4.90 Å². The summed E-state index contributed by atoms with van der Waals surface area (Å²) in [6.45, 7) is 2.09. The predicted molar refractivity (Wildman–Crippen MR) is 55.2 cm³/mol. The van der Waals surface area contributed by atoms with Gasteiger partial charge in [-0.2, -0.15) is 13.2 Å². The molecule has 2 unspecified atom stereocenters. The third-order valence-corrected chi connectivity index (χ3v) is 3.35. The Morgan fingerprint density at radius 3 is 2.73 bits per heavy atom. The van der Waals surface area contributed by atoms with Crippen LogP contribution in [0.5, 0.6) is 0 Å². The topological polar surface area (TPSA) is 12.5 Å². The highest BCUT2D eigenvalue weighted by atomic mass is 79.9. The molecule has 0 N–H and O–H groups in total. The van der Waals surface area contributed by atoms with Gasteiger partial charge in [-0.15, -0.1) is 0 Å². The van der Waals surface area contributed by atoms with E-state index in [2.05, 4.69) is 15.9 Å². The van der Waals surface area contributed by atoms with Crippen LogP contribution in [0.2, 0.25) is 0 Å². The monoisotopic (exact) mass is 289 g/mol. The molecule has 1 aliphatic heterocycles. The molecule has 90 valence electrons. The molecule has 15 heavy (non-hydrogen) atoms. The van der Waals surface area contributed by atoms with E-state index in [4.69, 9.17) is 4.74 Å². The highest BCUT2D eigenvalue weighted by Gasteiger charge is 2.39. The lowest BCUT2D eigenvalue weighted by atomic mass is 10.1. The second-order valence-corrected chi connectivity index (χ2v) is 4.98. The molecule has 1 saturated heterocycles. The molecule has 2 atom stereocenters. The molecule has 0 aromatic heterocycles. The van der Waals surface area contributed by atoms with Crippen molar-refractivity contribution in [3.63, 3.8) is 0 Å². The third kappa shape index (κ3) is 4.28. The van der Waals surface area contributed by atoms with Crippen molar-refractivity contribution in [1.29, 1.82) is 0 Å². The van der Waals surface area contributed by atoms with Gasteiger partial charge in [0.25, 0.3) is 0 Å². The largest absolute Gasteiger partial charge is 0.402 e. The fourth-order valence-corrected chi connectivity index (χ4v) is 2.19. The van der Waals surface area contributed by atoms with Gasteiger partial charge in [-0.1, -0.05) is 15.9 Å². The number of methoxy groups -OCH3 is 1. The number of alkyl halides is 4. The van der Waals surface area contributed by atoms with Crippen LogP contribution in [0.3, 0.4) is 0 Å². The van der Waals surface area contributed by atoms with Gasteiger partial charge in [-0.3, -0.25) is 0 Å². The molecule has 1 heterocycles. The molecule has 1 fully saturated rings. The van der Waals surface area contributed by atoms with Crippen LogP contribution in [-0.2, 0) is 4.74 Å². The maximum Gasteiger partial charge on any atom is 0.402 e. The van der Waals surface area contributed by atoms with Gasteiger partial charge in [0.2, 0.25) is 0 Å². The zero-order valence-electron chi connectivity index (χ0n) is 8.56. The van der Waals surface area contributed by atoms with Crippen LogP contribution in [-0.4, -0.2) is 49.3 Å². The summed E-state index contributed by atoms with van der Waals surface area (Å²) < 4.78 is 41.7. The van der Waals surface area contributed by atoms with Crippen LogP contribution in [0.4, 0.5) is 13.2 Å². The summed E-state index contributed by atoms with van der Waals surface area (Å²) in [6, 6.07) is 0. The maximum atomic E-state index is 12.2. The number of nitrogens with zero attached hydrogens (tertiary/aromatic N) is 1. The normalized spacial score (nSPS) is 25.8. The molecule has 0 aliphatic carbocycles. The number of likely N-dealkylation sites (tertiary alicyclic amines) is 1. The van der Waals surface area contributed by atoms with E-state index < -0.39 is 11.0 Å². The Bertz CT molecular complexity index is 200. The molecular formula is C9H15BrF3NO. The van der Waals surface area contributed by atoms with Crippen LogP contribution < -0.4 is 0 Å². The Labute approximate surface area is 95.9 Å². The molecule has 0 aromatic rings. The first kappa shape index (κ1) is 13.3. The van der Waals surface area contributed by atoms with Gasteiger partial charge in [0.05, 0.1) is 6.61 Å². The number of hydrogen-bond donors (Lipinski definition) is 0. The van der Waals surface area contributed by atoms with Crippen molar-refractivity contribution < 1.29 is 17.9 Å². The van der Waals surface area contributed by atoms with Gasteiger partial charge in [0.1, 0.15) is 4.83 Å². The average molecular weight is 290 g/mol. The minimum Gasteiger partial charge on any atom is -0.384 e. The number of halogens is 4. The number of ether oxygens (including phenoxy) is 1. The predicted octanol–water partition coefficient (Wildman–Crippen LogP) is 2.28. The van der Waals surface area contributed by atoms with Gasteiger partial charge in [0.15, 0.2) is 0 Å². The summed E-state index contributed by atoms with van der Waals surface area (Å²) in [7, 11) is 1.62. The van der Waals surface area contributed by atoms with Crippen molar-refractivity contribution in [2.24, 2.45) is 5.92 Å². The Hall–Kier alpha value is 0.190. The van der Waals surface area contributed by atoms with E-state index in [-0.39, 0.29) is 6.54 Å². The zero-order chi connectivity index (χ0) is 11.5. The Kier molecular flexibility index (Phi) is 4.86. The van der Waals surface area contributed by atoms with E-state index in [1.54, 1.807) is 7.11 Å². The molecule has 0 spiro atoms. The molecule has 0 bridgehead atoms. The van der Waals surface area contributed by atoms with Gasteiger partial charge in [-0.05, 0) is 18.9 Å². The van der Waals surface area contributed by atoms with E-state index in [1.807, 2.05) is 4.90 Å². The summed E-state index contributed by atoms with van der Waals surface area (Å²) in [5.41, 5.74) is 0. The van der Waals surface area contributed by atoms with Gasteiger partial charge in [0, 0.05) is 20.2 Å². The van der Waals surface area contributed by atoms with Crippen molar-refractivity contribution in [2.75, 3.05) is 33.4 Å². The highest BCUT2D eigenvalue weighted by Crippen LogP contribution is 2.28. The standard InChI is InChI=1S/C9H15BrF3NO/c1-15-6-7-2-3-14(4-7)5-8(10)9(11,12)13/h7-8H,2-6H2,1H3. The van der Waals surface area contributed by atoms with E-state index in [1.165, 1.54) is 0 Å². The van der Waals surface area contributed by atoms with Crippen molar-refractivity contribution in [3.8, 4) is 0 Å². The molecule has 6 heteroatoms. The smallest absolute Gasteiger partial charge is 0.384 e. The second kappa shape index (κ2) is 5.50. The summed E-state index contributed by atoms with van der Waals surface area (Å²) in [5.74, 6) is 0.378. The summed E-state index contributed by atoms with van der Waals surface area (Å²) in [4.78, 5) is 0.405. The fourth-order valence-electron chi connectivity index (χ4n) is 1.78. The summed E-state index contributed by atoms with van der Waals surface area (Å²) in [5, 5.41) is 0. The molecular weight excluding hydrogens is 275 g/mol. The summed E-state index contributed by atoms with van der Waals surface area (Å²) >= 11 is 2.67. The SMILES string of the molecule is COCC1CCN(CC(Br)C(F)(F)F)C1. The molecule has 2 nitrogen and oxygen atoms in total. The minimum absolute atomic E-state index is 0.0315. The van der Waals surface area contributed by atoms with Gasteiger partial charge in [-0.25, -0.2) is 0 Å². The van der Waals surface area contributed by atoms with E-state index in [0.29, 0.717) is 19.1 Å². The fraction of sp³-hybridized carbons (Fsp3) is 1.00. The number of rotatable bonds is 4. The Balaban J connectivity index is 2.30. The molecule has 1 aliphatic rings. The van der Waals surface area contributed by atoms with Crippen LogP contribution in [0.25, 0.3) is 0 Å². The quantitative estimate of drug-likeness (QED) is 0.737. The van der Waals surface area contributed by atoms with Crippen molar-refractivity contribution in [3.05, 3.63) is 0 Å². The first-order valence-corrected chi connectivity index (χ1v) is 5.77. The first-order valence-electron chi connectivity index (χ1n) is 4.85. The van der Waals surface area contributed by atoms with Crippen molar-refractivity contribution in [2.45, 2.75) is 17.4 Å². The minimum atomic E-state index is -4.15. The Morgan fingerprint density at radius 2 is 2.20 bits per heavy atom. The van der Waals surface area contributed by atoms with Gasteiger partial charge < -0.3 is 9.64 Å². The molecule has 0 amide bonds. The lowest BCUT2D eigenvalue weighted by Crippen LogP contribution is -2.36. The van der Waals surface area contributed by atoms with Crippen LogP contribution in [0, 0.1) is 5.92 Å². The molecule has 0 aromatic carbocycles. The van der Waals surface area contributed by atoms with Crippen LogP contribution >= 0.6 is 15.9 Å². The average Bonchev–Trinajstić information content (AvgIpc) is 2.51. The van der Waals surface area contributed by atoms with E-state index in [9.17, 15) is 13.2 Å². The van der Waals surface area contributed by atoms with E-state index in [0.717, 1.165) is 13.0 Å². The van der Waals surface area contributed by atoms with Gasteiger partial charge >= 0.3 is 6.18 Å². The highest BCUT2D eigenvalue weighted by molar-refractivity contribution is 9.09. The lowest BCUT2D eigenvalue weighted by Gasteiger charge is -2.21. The zero-order valence-corrected chi connectivity index (χ0v) is 10.1. The molecule has 1 rings (SSSR count). The third-order valence-electron chi connectivity index (χ3n) is 2.55. The summed E-state index contributed by atoms with van der Waals surface area (Å²) in [6.07, 6.45) is -3.23. The Morgan fingerprint density at radius 1 is 1.53 bits per heavy atom. The van der Waals surface area contributed by atoms with Crippen LogP contribution in [0.15, 0.2) is 0 Å². The maximum absolute atomic E-state index is 12.2. The number of hydrogen-bond acceptors (Lipinski definition) is 2. The lowest BCUT2D eigenvalue weighted by molar-refractivity contribution is -0.130. The second-order valence-electron chi connectivity index (χ2n) is 3.88. The van der Waals surface area contributed by atoms with Crippen molar-refractivity contribution >= 4 is 15.9 Å². The van der Waals surface area contributed by atoms with Crippen LogP contribution in [0.1, 0.15) is 6.42 Å². The van der Waals surface area contributed by atoms with E-state index >= 15 is 0 Å².